The van der Waals surface area contributed by atoms with Gasteiger partial charge < -0.3 is 14.4 Å². The Kier molecular flexibility index (Phi) is 4.09. The summed E-state index contributed by atoms with van der Waals surface area (Å²) >= 11 is 0. The number of anilines is 1. The number of para-hydroxylation sites is 1. The summed E-state index contributed by atoms with van der Waals surface area (Å²) in [6, 6.07) is 6.50. The Morgan fingerprint density at radius 3 is 2.59 bits per heavy atom. The highest BCUT2D eigenvalue weighted by molar-refractivity contribution is 5.80. The van der Waals surface area contributed by atoms with Crippen molar-refractivity contribution in [2.24, 2.45) is 0 Å². The second-order valence-corrected chi connectivity index (χ2v) is 5.45. The first kappa shape index (κ1) is 14.6. The molecule has 3 rings (SSSR count). The van der Waals surface area contributed by atoms with Crippen LogP contribution in [0, 0.1) is 5.82 Å². The molecule has 2 heterocycles. The molecule has 0 bridgehead atoms. The van der Waals surface area contributed by atoms with Gasteiger partial charge in [-0.3, -0.25) is 4.79 Å². The van der Waals surface area contributed by atoms with E-state index in [4.69, 9.17) is 0 Å². The molecule has 0 N–H and O–H groups in total. The molecule has 5 nitrogen and oxygen atoms in total. The van der Waals surface area contributed by atoms with E-state index in [-0.39, 0.29) is 17.8 Å². The van der Waals surface area contributed by atoms with E-state index in [1.807, 2.05) is 22.8 Å². The SMILES string of the molecule is C[C@H](C(=O)N1CCN(c2ccccc2F)CC1)n1ccnc1. The third kappa shape index (κ3) is 2.81. The van der Waals surface area contributed by atoms with Crippen molar-refractivity contribution < 1.29 is 9.18 Å². The number of imidazole rings is 1. The fraction of sp³-hybridized carbons (Fsp3) is 0.375. The highest BCUT2D eigenvalue weighted by atomic mass is 19.1. The van der Waals surface area contributed by atoms with E-state index in [1.165, 1.54) is 6.07 Å². The first-order valence-electron chi connectivity index (χ1n) is 7.42. The molecule has 22 heavy (non-hydrogen) atoms. The minimum absolute atomic E-state index is 0.0752. The first-order chi connectivity index (χ1) is 10.7. The van der Waals surface area contributed by atoms with Crippen molar-refractivity contribution in [2.45, 2.75) is 13.0 Å². The van der Waals surface area contributed by atoms with Crippen LogP contribution in [0.15, 0.2) is 43.0 Å². The Hall–Kier alpha value is -2.37. The molecule has 1 amide bonds. The summed E-state index contributed by atoms with van der Waals surface area (Å²) in [6.07, 6.45) is 5.11. The van der Waals surface area contributed by atoms with Crippen LogP contribution in [0.4, 0.5) is 10.1 Å². The molecular weight excluding hydrogens is 283 g/mol. The Morgan fingerprint density at radius 1 is 1.23 bits per heavy atom. The summed E-state index contributed by atoms with van der Waals surface area (Å²) in [4.78, 5) is 20.3. The third-order valence-corrected chi connectivity index (χ3v) is 4.11. The van der Waals surface area contributed by atoms with E-state index in [0.717, 1.165) is 0 Å². The van der Waals surface area contributed by atoms with E-state index >= 15 is 0 Å². The lowest BCUT2D eigenvalue weighted by molar-refractivity contribution is -0.134. The predicted octanol–water partition coefficient (Wildman–Crippen LogP) is 1.93. The average molecular weight is 302 g/mol. The zero-order valence-electron chi connectivity index (χ0n) is 12.5. The molecule has 0 radical (unpaired) electrons. The molecule has 1 aliphatic heterocycles. The standard InChI is InChI=1S/C16H19FN4O/c1-13(21-7-6-18-12-21)16(22)20-10-8-19(9-11-20)15-5-3-2-4-14(15)17/h2-7,12-13H,8-11H2,1H3/t13-/m1/s1. The van der Waals surface area contributed by atoms with Crippen molar-refractivity contribution in [3.63, 3.8) is 0 Å². The summed E-state index contributed by atoms with van der Waals surface area (Å²) in [5.74, 6) is -0.139. The highest BCUT2D eigenvalue weighted by Gasteiger charge is 2.26. The molecule has 1 fully saturated rings. The van der Waals surface area contributed by atoms with Gasteiger partial charge in [0.05, 0.1) is 12.0 Å². The molecule has 1 aromatic carbocycles. The predicted molar refractivity (Wildman–Crippen MR) is 82.1 cm³/mol. The van der Waals surface area contributed by atoms with Gasteiger partial charge in [0, 0.05) is 38.6 Å². The van der Waals surface area contributed by atoms with E-state index in [1.54, 1.807) is 35.4 Å². The summed E-state index contributed by atoms with van der Waals surface area (Å²) in [5, 5.41) is 0. The molecule has 116 valence electrons. The third-order valence-electron chi connectivity index (χ3n) is 4.11. The zero-order chi connectivity index (χ0) is 15.5. The number of carbonyl (C=O) groups excluding carboxylic acids is 1. The van der Waals surface area contributed by atoms with E-state index in [2.05, 4.69) is 4.98 Å². The van der Waals surface area contributed by atoms with Gasteiger partial charge in [0.1, 0.15) is 11.9 Å². The molecule has 0 unspecified atom stereocenters. The molecular formula is C16H19FN4O. The van der Waals surface area contributed by atoms with Crippen LogP contribution in [0.25, 0.3) is 0 Å². The van der Waals surface area contributed by atoms with Crippen LogP contribution in [0.5, 0.6) is 0 Å². The Bertz CT molecular complexity index is 635. The summed E-state index contributed by atoms with van der Waals surface area (Å²) in [7, 11) is 0. The van der Waals surface area contributed by atoms with E-state index in [0.29, 0.717) is 31.9 Å². The molecule has 6 heteroatoms. The Morgan fingerprint density at radius 2 is 1.95 bits per heavy atom. The van der Waals surface area contributed by atoms with Crippen LogP contribution in [-0.2, 0) is 4.79 Å². The number of amides is 1. The summed E-state index contributed by atoms with van der Waals surface area (Å²) in [5.41, 5.74) is 0.609. The molecule has 1 saturated heterocycles. The monoisotopic (exact) mass is 302 g/mol. The van der Waals surface area contributed by atoms with Crippen molar-refractivity contribution >= 4 is 11.6 Å². The maximum Gasteiger partial charge on any atom is 0.245 e. The highest BCUT2D eigenvalue weighted by Crippen LogP contribution is 2.21. The topological polar surface area (TPSA) is 41.4 Å². The molecule has 1 atom stereocenters. The van der Waals surface area contributed by atoms with Crippen molar-refractivity contribution in [1.29, 1.82) is 0 Å². The molecule has 1 aliphatic rings. The average Bonchev–Trinajstić information content (AvgIpc) is 3.09. The molecule has 0 aliphatic carbocycles. The number of hydrogen-bond acceptors (Lipinski definition) is 3. The Balaban J connectivity index is 1.62. The number of halogens is 1. The number of carbonyl (C=O) groups is 1. The molecule has 0 saturated carbocycles. The zero-order valence-corrected chi connectivity index (χ0v) is 12.5. The number of nitrogens with zero attached hydrogens (tertiary/aromatic N) is 4. The first-order valence-corrected chi connectivity index (χ1v) is 7.42. The quantitative estimate of drug-likeness (QED) is 0.870. The lowest BCUT2D eigenvalue weighted by atomic mass is 10.2. The van der Waals surface area contributed by atoms with Crippen LogP contribution in [0.2, 0.25) is 0 Å². The second-order valence-electron chi connectivity index (χ2n) is 5.45. The van der Waals surface area contributed by atoms with Gasteiger partial charge in [-0.05, 0) is 19.1 Å². The van der Waals surface area contributed by atoms with Gasteiger partial charge in [0.15, 0.2) is 0 Å². The number of benzene rings is 1. The number of piperazine rings is 1. The number of hydrogen-bond donors (Lipinski definition) is 0. The van der Waals surface area contributed by atoms with Crippen LogP contribution in [0.1, 0.15) is 13.0 Å². The Labute approximate surface area is 129 Å². The number of rotatable bonds is 3. The van der Waals surface area contributed by atoms with Gasteiger partial charge in [-0.25, -0.2) is 9.37 Å². The largest absolute Gasteiger partial charge is 0.366 e. The van der Waals surface area contributed by atoms with Gasteiger partial charge in [0.25, 0.3) is 0 Å². The molecule has 0 spiro atoms. The van der Waals surface area contributed by atoms with Crippen molar-refractivity contribution in [3.8, 4) is 0 Å². The van der Waals surface area contributed by atoms with Crippen LogP contribution in [0.3, 0.4) is 0 Å². The summed E-state index contributed by atoms with van der Waals surface area (Å²) in [6.45, 7) is 4.36. The molecule has 2 aromatic rings. The van der Waals surface area contributed by atoms with E-state index in [9.17, 15) is 9.18 Å². The van der Waals surface area contributed by atoms with Gasteiger partial charge in [0.2, 0.25) is 5.91 Å². The fourth-order valence-corrected chi connectivity index (χ4v) is 2.77. The maximum atomic E-state index is 13.8. The molecule has 1 aromatic heterocycles. The fourth-order valence-electron chi connectivity index (χ4n) is 2.77. The van der Waals surface area contributed by atoms with Crippen LogP contribution in [-0.4, -0.2) is 46.5 Å². The smallest absolute Gasteiger partial charge is 0.245 e. The van der Waals surface area contributed by atoms with Gasteiger partial charge in [-0.1, -0.05) is 12.1 Å². The summed E-state index contributed by atoms with van der Waals surface area (Å²) < 4.78 is 15.6. The van der Waals surface area contributed by atoms with Gasteiger partial charge >= 0.3 is 0 Å². The van der Waals surface area contributed by atoms with Gasteiger partial charge in [-0.15, -0.1) is 0 Å². The number of aromatic nitrogens is 2. The normalized spacial score (nSPS) is 16.6. The van der Waals surface area contributed by atoms with Crippen LogP contribution >= 0.6 is 0 Å². The second kappa shape index (κ2) is 6.17. The minimum Gasteiger partial charge on any atom is -0.366 e. The lowest BCUT2D eigenvalue weighted by Gasteiger charge is -2.37. The van der Waals surface area contributed by atoms with Crippen LogP contribution < -0.4 is 4.90 Å². The maximum absolute atomic E-state index is 13.8. The van der Waals surface area contributed by atoms with Crippen molar-refractivity contribution in [2.75, 3.05) is 31.1 Å². The lowest BCUT2D eigenvalue weighted by Crippen LogP contribution is -2.50. The van der Waals surface area contributed by atoms with E-state index < -0.39 is 0 Å². The minimum atomic E-state index is -0.262. The van der Waals surface area contributed by atoms with Crippen molar-refractivity contribution in [1.82, 2.24) is 14.5 Å². The van der Waals surface area contributed by atoms with Gasteiger partial charge in [-0.2, -0.15) is 0 Å². The van der Waals surface area contributed by atoms with Crippen molar-refractivity contribution in [3.05, 3.63) is 48.8 Å².